The molecule has 0 N–H and O–H groups in total. The highest BCUT2D eigenvalue weighted by Gasteiger charge is 2.57. The molecule has 0 saturated heterocycles. The Morgan fingerprint density at radius 2 is 2.05 bits per heavy atom. The van der Waals surface area contributed by atoms with E-state index in [0.29, 0.717) is 11.8 Å². The largest absolute Gasteiger partial charge is 0.456 e. The molecule has 0 fully saturated rings. The molecule has 2 rings (SSSR count). The lowest BCUT2D eigenvalue weighted by atomic mass is 10.1. The summed E-state index contributed by atoms with van der Waals surface area (Å²) in [5.41, 5.74) is -0.500. The van der Waals surface area contributed by atoms with Crippen molar-refractivity contribution in [1.29, 1.82) is 5.26 Å². The number of esters is 1. The Morgan fingerprint density at radius 3 is 2.60 bits per heavy atom. The number of Topliss-reactive ketones (excluding diaryl/α,β-unsaturated/α-hetero) is 1. The van der Waals surface area contributed by atoms with Gasteiger partial charge in [0.2, 0.25) is 5.78 Å². The minimum Gasteiger partial charge on any atom is -0.456 e. The van der Waals surface area contributed by atoms with Crippen LogP contribution < -0.4 is 4.74 Å². The van der Waals surface area contributed by atoms with Crippen molar-refractivity contribution < 1.29 is 19.1 Å². The number of rotatable bonds is 2. The summed E-state index contributed by atoms with van der Waals surface area (Å²) in [6, 6.07) is 6.50. The van der Waals surface area contributed by atoms with Crippen LogP contribution in [0.4, 0.5) is 0 Å². The molecule has 0 spiro atoms. The van der Waals surface area contributed by atoms with Crippen molar-refractivity contribution in [3.63, 3.8) is 0 Å². The molecular formula is C14H13NO4S. The molecule has 0 saturated carbocycles. The van der Waals surface area contributed by atoms with Gasteiger partial charge in [0.25, 0.3) is 0 Å². The zero-order valence-electron chi connectivity index (χ0n) is 11.3. The predicted molar refractivity (Wildman–Crippen MR) is 73.2 cm³/mol. The lowest BCUT2D eigenvalue weighted by molar-refractivity contribution is -0.162. The third-order valence-electron chi connectivity index (χ3n) is 2.54. The Morgan fingerprint density at radius 1 is 1.40 bits per heavy atom. The number of nitriles is 1. The molecular weight excluding hydrogens is 278 g/mol. The van der Waals surface area contributed by atoms with Gasteiger partial charge in [-0.15, -0.1) is 0 Å². The van der Waals surface area contributed by atoms with Crippen molar-refractivity contribution in [2.75, 3.05) is 0 Å². The fraction of sp³-hybridized carbons (Fsp3) is 0.357. The van der Waals surface area contributed by atoms with Gasteiger partial charge in [0.1, 0.15) is 16.8 Å². The summed E-state index contributed by atoms with van der Waals surface area (Å²) in [4.78, 5) is 22.8. The minimum atomic E-state index is -1.97. The number of fused-ring (bicyclic) bond motifs is 1. The molecule has 1 atom stereocenters. The molecule has 0 bridgehead atoms. The molecule has 1 aromatic rings. The lowest BCUT2D eigenvalue weighted by Gasteiger charge is -2.27. The number of hydrogen-bond acceptors (Lipinski definition) is 6. The minimum absolute atomic E-state index is 0.279. The average Bonchev–Trinajstić information content (AvgIpc) is 2.63. The van der Waals surface area contributed by atoms with Crippen molar-refractivity contribution in [3.05, 3.63) is 29.8 Å². The van der Waals surface area contributed by atoms with Gasteiger partial charge in [-0.05, 0) is 32.9 Å². The number of ketones is 1. The highest BCUT2D eigenvalue weighted by Crippen LogP contribution is 2.42. The van der Waals surface area contributed by atoms with E-state index in [2.05, 4.69) is 0 Å². The van der Waals surface area contributed by atoms with E-state index in [1.54, 1.807) is 50.4 Å². The second kappa shape index (κ2) is 4.84. The normalized spacial score (nSPS) is 20.8. The number of nitrogens with zero attached hydrogens (tertiary/aromatic N) is 1. The second-order valence-corrected chi connectivity index (χ2v) is 6.20. The van der Waals surface area contributed by atoms with Gasteiger partial charge < -0.3 is 9.47 Å². The number of thiocyanates is 1. The van der Waals surface area contributed by atoms with E-state index in [0.717, 1.165) is 0 Å². The van der Waals surface area contributed by atoms with Crippen molar-refractivity contribution >= 4 is 23.5 Å². The maximum absolute atomic E-state index is 12.4. The SMILES string of the molecule is CC(C)(C)OC(=O)[C@]1(SC#N)Oc2ccccc2C1=O. The Balaban J connectivity index is 2.42. The van der Waals surface area contributed by atoms with Crippen molar-refractivity contribution in [2.24, 2.45) is 0 Å². The first-order valence-corrected chi connectivity index (χ1v) is 6.75. The van der Waals surface area contributed by atoms with Crippen LogP contribution in [-0.2, 0) is 9.53 Å². The van der Waals surface area contributed by atoms with Crippen LogP contribution in [0.3, 0.4) is 0 Å². The monoisotopic (exact) mass is 291 g/mol. The third kappa shape index (κ3) is 2.37. The number of thioether (sulfide) groups is 1. The first-order valence-electron chi connectivity index (χ1n) is 5.93. The van der Waals surface area contributed by atoms with Crippen LogP contribution in [0.15, 0.2) is 24.3 Å². The molecule has 1 aromatic carbocycles. The Labute approximate surface area is 120 Å². The quantitative estimate of drug-likeness (QED) is 0.473. The Kier molecular flexibility index (Phi) is 3.48. The van der Waals surface area contributed by atoms with E-state index in [-0.39, 0.29) is 11.3 Å². The molecule has 0 unspecified atom stereocenters. The first-order chi connectivity index (χ1) is 9.30. The van der Waals surface area contributed by atoms with Crippen LogP contribution in [0.5, 0.6) is 5.75 Å². The molecule has 1 aliphatic rings. The second-order valence-electron chi connectivity index (χ2n) is 5.24. The topological polar surface area (TPSA) is 76.4 Å². The zero-order chi connectivity index (χ0) is 15.0. The molecule has 1 heterocycles. The smallest absolute Gasteiger partial charge is 0.371 e. The number of benzene rings is 1. The number of hydrogen-bond donors (Lipinski definition) is 0. The number of carbonyl (C=O) groups excluding carboxylic acids is 2. The van der Waals surface area contributed by atoms with E-state index in [1.165, 1.54) is 0 Å². The third-order valence-corrected chi connectivity index (χ3v) is 3.36. The standard InChI is InChI=1S/C14H13NO4S/c1-13(2,3)19-12(17)14(20-8-15)11(16)9-6-4-5-7-10(9)18-14/h4-7H,1-3H3/t14-/m0/s1. The fourth-order valence-corrected chi connectivity index (χ4v) is 2.36. The van der Waals surface area contributed by atoms with Crippen LogP contribution in [0, 0.1) is 10.7 Å². The van der Waals surface area contributed by atoms with E-state index in [1.807, 2.05) is 0 Å². The summed E-state index contributed by atoms with van der Waals surface area (Å²) in [7, 11) is 0. The summed E-state index contributed by atoms with van der Waals surface area (Å²) in [5, 5.41) is 10.7. The maximum Gasteiger partial charge on any atom is 0.371 e. The van der Waals surface area contributed by atoms with Crippen molar-refractivity contribution in [2.45, 2.75) is 31.3 Å². The van der Waals surface area contributed by atoms with Gasteiger partial charge in [-0.2, -0.15) is 5.26 Å². The van der Waals surface area contributed by atoms with Gasteiger partial charge in [0, 0.05) is 11.8 Å². The van der Waals surface area contributed by atoms with Crippen LogP contribution in [0.2, 0.25) is 0 Å². The highest BCUT2D eigenvalue weighted by molar-refractivity contribution is 8.06. The van der Waals surface area contributed by atoms with Crippen LogP contribution in [-0.4, -0.2) is 22.3 Å². The first kappa shape index (κ1) is 14.4. The summed E-state index contributed by atoms with van der Waals surface area (Å²) in [6.45, 7) is 5.05. The predicted octanol–water partition coefficient (Wildman–Crippen LogP) is 2.51. The Hall–Kier alpha value is -2.00. The van der Waals surface area contributed by atoms with Crippen LogP contribution >= 0.6 is 11.8 Å². The number of ether oxygens (including phenoxy) is 2. The molecule has 20 heavy (non-hydrogen) atoms. The summed E-state index contributed by atoms with van der Waals surface area (Å²) >= 11 is 0.459. The van der Waals surface area contributed by atoms with Gasteiger partial charge in [0.05, 0.1) is 5.56 Å². The molecule has 6 heteroatoms. The van der Waals surface area contributed by atoms with Crippen molar-refractivity contribution in [3.8, 4) is 11.2 Å². The van der Waals surface area contributed by atoms with Gasteiger partial charge in [0.15, 0.2) is 0 Å². The average molecular weight is 291 g/mol. The van der Waals surface area contributed by atoms with Gasteiger partial charge in [-0.1, -0.05) is 12.1 Å². The molecule has 1 aliphatic heterocycles. The molecule has 0 radical (unpaired) electrons. The molecule has 0 aromatic heterocycles. The zero-order valence-corrected chi connectivity index (χ0v) is 12.1. The van der Waals surface area contributed by atoms with E-state index >= 15 is 0 Å². The molecule has 104 valence electrons. The van der Waals surface area contributed by atoms with Gasteiger partial charge >= 0.3 is 10.9 Å². The summed E-state index contributed by atoms with van der Waals surface area (Å²) < 4.78 is 10.7. The highest BCUT2D eigenvalue weighted by atomic mass is 32.2. The fourth-order valence-electron chi connectivity index (χ4n) is 1.77. The maximum atomic E-state index is 12.4. The lowest BCUT2D eigenvalue weighted by Crippen LogP contribution is -2.48. The molecule has 0 aliphatic carbocycles. The van der Waals surface area contributed by atoms with Gasteiger partial charge in [-0.3, -0.25) is 4.79 Å². The number of para-hydroxylation sites is 1. The van der Waals surface area contributed by atoms with E-state index < -0.39 is 22.3 Å². The Bertz CT molecular complexity index is 614. The van der Waals surface area contributed by atoms with Crippen LogP contribution in [0.1, 0.15) is 31.1 Å². The van der Waals surface area contributed by atoms with Gasteiger partial charge in [-0.25, -0.2) is 4.79 Å². The van der Waals surface area contributed by atoms with Crippen molar-refractivity contribution in [1.82, 2.24) is 0 Å². The molecule has 5 nitrogen and oxygen atoms in total. The number of carbonyl (C=O) groups is 2. The summed E-state index contributed by atoms with van der Waals surface area (Å²) in [5.74, 6) is -1.14. The summed E-state index contributed by atoms with van der Waals surface area (Å²) in [6.07, 6.45) is 0. The molecule has 0 amide bonds. The van der Waals surface area contributed by atoms with Crippen LogP contribution in [0.25, 0.3) is 0 Å². The van der Waals surface area contributed by atoms with E-state index in [4.69, 9.17) is 14.7 Å². The van der Waals surface area contributed by atoms with E-state index in [9.17, 15) is 9.59 Å².